The lowest BCUT2D eigenvalue weighted by molar-refractivity contribution is -0.137. The average Bonchev–Trinajstić information content (AvgIpc) is 3.86. The molecule has 17 nitrogen and oxygen atoms in total. The number of aromatic carboxylic acids is 1. The van der Waals surface area contributed by atoms with E-state index in [0.717, 1.165) is 0 Å². The highest BCUT2D eigenvalue weighted by atomic mass is 35.5. The van der Waals surface area contributed by atoms with Crippen molar-refractivity contribution in [3.63, 3.8) is 0 Å². The molecule has 1 aliphatic heterocycles. The van der Waals surface area contributed by atoms with Crippen LogP contribution >= 0.6 is 23.4 Å². The molecule has 0 spiro atoms. The van der Waals surface area contributed by atoms with Crippen molar-refractivity contribution in [1.29, 1.82) is 0 Å². The Labute approximate surface area is 315 Å². The van der Waals surface area contributed by atoms with Gasteiger partial charge in [-0.05, 0) is 82.1 Å². The number of carbonyl (C=O) groups excluding carboxylic acids is 4. The summed E-state index contributed by atoms with van der Waals surface area (Å²) >= 11 is 7.73. The third-order valence-corrected chi connectivity index (χ3v) is 8.92. The molecule has 5 aromatic rings. The van der Waals surface area contributed by atoms with Gasteiger partial charge in [-0.25, -0.2) is 9.59 Å². The van der Waals surface area contributed by atoms with Crippen LogP contribution in [0, 0.1) is 0 Å². The normalized spacial score (nSPS) is 12.7. The van der Waals surface area contributed by atoms with E-state index in [1.807, 2.05) is 11.5 Å². The van der Waals surface area contributed by atoms with Gasteiger partial charge in [-0.3, -0.25) is 19.3 Å². The molecule has 0 aliphatic carbocycles. The molecule has 6 rings (SSSR count). The molecule has 54 heavy (non-hydrogen) atoms. The van der Waals surface area contributed by atoms with Crippen LogP contribution in [0.1, 0.15) is 16.1 Å². The lowest BCUT2D eigenvalue weighted by Gasteiger charge is -2.24. The van der Waals surface area contributed by atoms with Crippen LogP contribution in [0.2, 0.25) is 5.02 Å². The number of fused-ring (bicyclic) bond motifs is 1. The molecule has 19 heteroatoms. The quantitative estimate of drug-likeness (QED) is 0.0902. The first kappa shape index (κ1) is 37.3. The monoisotopic (exact) mass is 770 g/mol. The van der Waals surface area contributed by atoms with Crippen LogP contribution in [-0.4, -0.2) is 95.0 Å². The Bertz CT molecular complexity index is 2280. The van der Waals surface area contributed by atoms with Crippen molar-refractivity contribution in [3.05, 3.63) is 113 Å². The number of H-pyrrole nitrogens is 1. The minimum Gasteiger partial charge on any atom is -0.477 e. The smallest absolute Gasteiger partial charge is 0.352 e. The largest absolute Gasteiger partial charge is 0.477 e. The first-order valence-corrected chi connectivity index (χ1v) is 17.6. The fraction of sp³-hybridized carbons (Fsp3) is 0.143. The van der Waals surface area contributed by atoms with Gasteiger partial charge in [-0.1, -0.05) is 29.8 Å². The Morgan fingerprint density at radius 2 is 1.76 bits per heavy atom. The Morgan fingerprint density at radius 1 is 0.963 bits per heavy atom. The number of tetrazole rings is 1. The lowest BCUT2D eigenvalue weighted by Crippen LogP contribution is -2.49. The molecule has 0 fully saturated rings. The summed E-state index contributed by atoms with van der Waals surface area (Å²) in [7, 11) is 0. The summed E-state index contributed by atoms with van der Waals surface area (Å²) < 4.78 is 1.26. The third-order valence-electron chi connectivity index (χ3n) is 8.00. The summed E-state index contributed by atoms with van der Waals surface area (Å²) in [5.41, 5.74) is 2.92. The van der Waals surface area contributed by atoms with Crippen LogP contribution in [0.4, 0.5) is 21.9 Å². The maximum absolute atomic E-state index is 13.7. The number of hydrogen-bond donors (Lipinski definition) is 7. The molecule has 5 amide bonds. The maximum Gasteiger partial charge on any atom is 0.352 e. The van der Waals surface area contributed by atoms with Gasteiger partial charge in [0, 0.05) is 45.2 Å². The molecular weight excluding hydrogens is 740 g/mol. The number of aromatic amines is 1. The zero-order chi connectivity index (χ0) is 38.2. The van der Waals surface area contributed by atoms with Crippen LogP contribution in [0.3, 0.4) is 0 Å². The highest BCUT2D eigenvalue weighted by Crippen LogP contribution is 2.25. The topological polar surface area (TPSA) is 237 Å². The fourth-order valence-electron chi connectivity index (χ4n) is 5.42. The second-order valence-electron chi connectivity index (χ2n) is 11.6. The molecule has 2 aromatic heterocycles. The van der Waals surface area contributed by atoms with Crippen LogP contribution in [-0.2, 0) is 20.8 Å². The SMILES string of the molecule is O=C(Nc1cc(Cl)ccc1-n1cnnn1)C(=O)N[C@@H](Cc1ccc(NC(=O)N(CCO)C2=CCSC=C2)cc1)C(=O)Nc1ccc2[nH]c(C(=O)O)cc2c1. The number of aromatic nitrogens is 5. The number of carboxylic acid groups (broad SMARTS) is 1. The summed E-state index contributed by atoms with van der Waals surface area (Å²) in [5.74, 6) is -3.37. The number of rotatable bonds is 12. The summed E-state index contributed by atoms with van der Waals surface area (Å²) in [6.07, 6.45) is 4.89. The Hall–Kier alpha value is -6.50. The van der Waals surface area contributed by atoms with Crippen LogP contribution in [0.5, 0.6) is 0 Å². The van der Waals surface area contributed by atoms with Crippen LogP contribution in [0.25, 0.3) is 16.6 Å². The zero-order valence-electron chi connectivity index (χ0n) is 28.0. The summed E-state index contributed by atoms with van der Waals surface area (Å²) in [6, 6.07) is 15.4. The third kappa shape index (κ3) is 9.10. The Kier molecular flexibility index (Phi) is 11.7. The number of hydrogen-bond acceptors (Lipinski definition) is 10. The number of thioether (sulfide) groups is 1. The van der Waals surface area contributed by atoms with Crippen LogP contribution in [0.15, 0.2) is 96.3 Å². The maximum atomic E-state index is 13.7. The van der Waals surface area contributed by atoms with Crippen molar-refractivity contribution >= 4 is 81.0 Å². The van der Waals surface area contributed by atoms with E-state index >= 15 is 0 Å². The van der Waals surface area contributed by atoms with E-state index in [0.29, 0.717) is 45.0 Å². The molecular formula is C35H31ClN10O7S. The molecule has 0 unspecified atom stereocenters. The standard InChI is InChI=1S/C35H31ClN10O7S/c36-22-3-8-30(46-19-37-43-44-46)27(18-22)41-32(49)33(50)42-28(31(48)38-24-6-7-26-21(16-24)17-29(40-26)34(51)52)15-20-1-4-23(5-2-20)39-35(53)45(11-12-47)25-9-13-54-14-10-25/h1-10,13,16-19,28,40,47H,11-12,14-15H2,(H,38,48)(H,39,53)(H,41,49)(H,42,50)(H,51,52)/t28-/m0/s1. The number of aliphatic hydroxyl groups is 1. The fourth-order valence-corrected chi connectivity index (χ4v) is 6.21. The molecule has 0 bridgehead atoms. The summed E-state index contributed by atoms with van der Waals surface area (Å²) in [6.45, 7) is -0.150. The minimum atomic E-state index is -1.29. The van der Waals surface area contributed by atoms with E-state index in [4.69, 9.17) is 11.6 Å². The second kappa shape index (κ2) is 16.9. The van der Waals surface area contributed by atoms with E-state index in [2.05, 4.69) is 41.8 Å². The lowest BCUT2D eigenvalue weighted by atomic mass is 10.0. The van der Waals surface area contributed by atoms with E-state index in [1.54, 1.807) is 72.4 Å². The summed E-state index contributed by atoms with van der Waals surface area (Å²) in [5, 5.41) is 43.0. The first-order chi connectivity index (χ1) is 26.1. The first-order valence-electron chi connectivity index (χ1n) is 16.2. The van der Waals surface area contributed by atoms with Gasteiger partial charge in [0.2, 0.25) is 5.91 Å². The molecule has 0 saturated heterocycles. The second-order valence-corrected chi connectivity index (χ2v) is 13.0. The van der Waals surface area contributed by atoms with Crippen molar-refractivity contribution < 1.29 is 34.2 Å². The molecule has 3 heterocycles. The highest BCUT2D eigenvalue weighted by Gasteiger charge is 2.26. The average molecular weight is 771 g/mol. The van der Waals surface area contributed by atoms with Gasteiger partial charge in [0.25, 0.3) is 0 Å². The number of nitrogens with one attached hydrogen (secondary N) is 5. The van der Waals surface area contributed by atoms with Gasteiger partial charge in [-0.15, -0.1) is 16.9 Å². The number of carboxylic acids is 1. The van der Waals surface area contributed by atoms with Crippen molar-refractivity contribution in [2.45, 2.75) is 12.5 Å². The Morgan fingerprint density at radius 3 is 2.46 bits per heavy atom. The number of carbonyl (C=O) groups is 5. The molecule has 1 aliphatic rings. The molecule has 276 valence electrons. The minimum absolute atomic E-state index is 0.0321. The summed E-state index contributed by atoms with van der Waals surface area (Å²) in [4.78, 5) is 69.0. The van der Waals surface area contributed by atoms with E-state index in [-0.39, 0.29) is 36.0 Å². The highest BCUT2D eigenvalue weighted by molar-refractivity contribution is 8.02. The van der Waals surface area contributed by atoms with Gasteiger partial charge in [0.05, 0.1) is 24.5 Å². The van der Waals surface area contributed by atoms with Crippen LogP contribution < -0.4 is 21.3 Å². The van der Waals surface area contributed by atoms with Gasteiger partial charge < -0.3 is 36.5 Å². The predicted octanol–water partition coefficient (Wildman–Crippen LogP) is 3.77. The number of nitrogens with zero attached hydrogens (tertiary/aromatic N) is 5. The van der Waals surface area contributed by atoms with Gasteiger partial charge in [-0.2, -0.15) is 4.68 Å². The van der Waals surface area contributed by atoms with Crippen molar-refractivity contribution in [2.75, 3.05) is 34.9 Å². The van der Waals surface area contributed by atoms with Gasteiger partial charge in [0.1, 0.15) is 18.1 Å². The Balaban J connectivity index is 1.20. The van der Waals surface area contributed by atoms with E-state index < -0.39 is 35.8 Å². The van der Waals surface area contributed by atoms with Gasteiger partial charge in [0.15, 0.2) is 0 Å². The van der Waals surface area contributed by atoms with E-state index in [9.17, 15) is 34.2 Å². The number of anilines is 3. The van der Waals surface area contributed by atoms with Gasteiger partial charge >= 0.3 is 23.8 Å². The number of amides is 5. The number of aliphatic hydroxyl groups excluding tert-OH is 1. The van der Waals surface area contributed by atoms with Crippen molar-refractivity contribution in [1.82, 2.24) is 35.4 Å². The molecule has 7 N–H and O–H groups in total. The van der Waals surface area contributed by atoms with Crippen molar-refractivity contribution in [2.24, 2.45) is 0 Å². The van der Waals surface area contributed by atoms with E-state index in [1.165, 1.54) is 28.0 Å². The molecule has 0 radical (unpaired) electrons. The molecule has 1 atom stereocenters. The molecule has 0 saturated carbocycles. The number of urea groups is 1. The number of halogens is 1. The van der Waals surface area contributed by atoms with Crippen molar-refractivity contribution in [3.8, 4) is 5.69 Å². The predicted molar refractivity (Wildman–Crippen MR) is 201 cm³/mol. The molecule has 3 aromatic carbocycles. The number of allylic oxidation sites excluding steroid dienone is 1. The number of benzene rings is 3. The zero-order valence-corrected chi connectivity index (χ0v) is 29.6.